The average Bonchev–Trinajstić information content (AvgIpc) is 3.21. The maximum atomic E-state index is 6.26. The second kappa shape index (κ2) is 12.2. The molecule has 3 rings (SSSR count). The third kappa shape index (κ3) is 6.47. The first-order valence-corrected chi connectivity index (χ1v) is 10.7. The van der Waals surface area contributed by atoms with Crippen molar-refractivity contribution in [1.29, 1.82) is 0 Å². The summed E-state index contributed by atoms with van der Waals surface area (Å²) in [4.78, 5) is 9.46. The summed E-state index contributed by atoms with van der Waals surface area (Å²) in [6, 6.07) is 8.61. The van der Waals surface area contributed by atoms with Crippen molar-refractivity contribution in [3.8, 4) is 0 Å². The molecule has 0 saturated carbocycles. The number of guanidine groups is 1. The molecule has 1 aromatic carbocycles. The molecule has 0 radical (unpaired) electrons. The van der Waals surface area contributed by atoms with Crippen LogP contribution in [-0.4, -0.2) is 68.2 Å². The molecule has 1 aromatic rings. The van der Waals surface area contributed by atoms with Crippen LogP contribution in [0.15, 0.2) is 29.3 Å². The molecule has 28 heavy (non-hydrogen) atoms. The zero-order chi connectivity index (χ0) is 19.1. The van der Waals surface area contributed by atoms with Crippen LogP contribution < -0.4 is 5.32 Å². The maximum absolute atomic E-state index is 6.26. The first-order chi connectivity index (χ1) is 13.2. The molecule has 5 nitrogen and oxygen atoms in total. The first kappa shape index (κ1) is 23.7. The summed E-state index contributed by atoms with van der Waals surface area (Å²) in [5, 5.41) is 4.44. The van der Waals surface area contributed by atoms with Crippen molar-refractivity contribution in [2.45, 2.75) is 44.8 Å². The SMILES string of the molecule is CCOC1CCN(C(=NC)NCC(c2cccc(Cl)c2)N2CCCC2)CC1.I. The van der Waals surface area contributed by atoms with Gasteiger partial charge in [-0.3, -0.25) is 9.89 Å². The van der Waals surface area contributed by atoms with E-state index in [1.807, 2.05) is 19.2 Å². The van der Waals surface area contributed by atoms with Gasteiger partial charge in [-0.15, -0.1) is 24.0 Å². The monoisotopic (exact) mass is 520 g/mol. The predicted molar refractivity (Wildman–Crippen MR) is 128 cm³/mol. The Morgan fingerprint density at radius 1 is 1.25 bits per heavy atom. The molecule has 2 saturated heterocycles. The topological polar surface area (TPSA) is 40.1 Å². The summed E-state index contributed by atoms with van der Waals surface area (Å²) < 4.78 is 5.77. The Morgan fingerprint density at radius 3 is 2.57 bits per heavy atom. The number of halogens is 2. The molecule has 158 valence electrons. The molecule has 2 aliphatic rings. The van der Waals surface area contributed by atoms with E-state index >= 15 is 0 Å². The van der Waals surface area contributed by atoms with E-state index in [0.29, 0.717) is 12.1 Å². The lowest BCUT2D eigenvalue weighted by Crippen LogP contribution is -2.48. The standard InChI is InChI=1S/C21H33ClN4O.HI/c1-3-27-19-9-13-26(14-10-19)21(23-2)24-16-20(25-11-4-5-12-25)17-7-6-8-18(22)15-17;/h6-8,15,19-20H,3-5,9-14,16H2,1-2H3,(H,23,24);1H. The van der Waals surface area contributed by atoms with Gasteiger partial charge in [0.2, 0.25) is 0 Å². The van der Waals surface area contributed by atoms with E-state index in [9.17, 15) is 0 Å². The predicted octanol–water partition coefficient (Wildman–Crippen LogP) is 4.17. The summed E-state index contributed by atoms with van der Waals surface area (Å²) in [5.41, 5.74) is 1.28. The van der Waals surface area contributed by atoms with Gasteiger partial charge in [-0.1, -0.05) is 23.7 Å². The molecule has 0 aliphatic carbocycles. The number of piperidine rings is 1. The van der Waals surface area contributed by atoms with Gasteiger partial charge in [-0.2, -0.15) is 0 Å². The average molecular weight is 521 g/mol. The third-order valence-electron chi connectivity index (χ3n) is 5.62. The van der Waals surface area contributed by atoms with Gasteiger partial charge in [0.05, 0.1) is 12.1 Å². The van der Waals surface area contributed by atoms with Crippen molar-refractivity contribution < 1.29 is 4.74 Å². The Labute approximate surface area is 191 Å². The van der Waals surface area contributed by atoms with E-state index in [2.05, 4.69) is 39.2 Å². The zero-order valence-electron chi connectivity index (χ0n) is 17.1. The highest BCUT2D eigenvalue weighted by Crippen LogP contribution is 2.26. The summed E-state index contributed by atoms with van der Waals surface area (Å²) in [7, 11) is 1.88. The third-order valence-corrected chi connectivity index (χ3v) is 5.86. The zero-order valence-corrected chi connectivity index (χ0v) is 20.2. The summed E-state index contributed by atoms with van der Waals surface area (Å²) in [5.74, 6) is 0.996. The van der Waals surface area contributed by atoms with Crippen LogP contribution in [0.25, 0.3) is 0 Å². The molecule has 7 heteroatoms. The van der Waals surface area contributed by atoms with Gasteiger partial charge in [0.25, 0.3) is 0 Å². The molecular formula is C21H34ClIN4O. The first-order valence-electron chi connectivity index (χ1n) is 10.3. The van der Waals surface area contributed by atoms with E-state index in [1.54, 1.807) is 0 Å². The maximum Gasteiger partial charge on any atom is 0.193 e. The van der Waals surface area contributed by atoms with Crippen LogP contribution in [0.3, 0.4) is 0 Å². The largest absolute Gasteiger partial charge is 0.378 e. The smallest absolute Gasteiger partial charge is 0.193 e. The number of nitrogens with one attached hydrogen (secondary N) is 1. The number of nitrogens with zero attached hydrogens (tertiary/aromatic N) is 3. The Kier molecular flexibility index (Phi) is 10.3. The summed E-state index contributed by atoms with van der Waals surface area (Å²) >= 11 is 6.26. The van der Waals surface area contributed by atoms with Gasteiger partial charge >= 0.3 is 0 Å². The lowest BCUT2D eigenvalue weighted by molar-refractivity contribution is 0.0263. The fourth-order valence-electron chi connectivity index (χ4n) is 4.22. The lowest BCUT2D eigenvalue weighted by atomic mass is 10.1. The van der Waals surface area contributed by atoms with Gasteiger partial charge in [0, 0.05) is 38.3 Å². The highest BCUT2D eigenvalue weighted by molar-refractivity contribution is 14.0. The molecule has 0 aromatic heterocycles. The fraction of sp³-hybridized carbons (Fsp3) is 0.667. The van der Waals surface area contributed by atoms with Gasteiger partial charge < -0.3 is 15.0 Å². The lowest BCUT2D eigenvalue weighted by Gasteiger charge is -2.35. The van der Waals surface area contributed by atoms with E-state index in [0.717, 1.165) is 63.2 Å². The molecule has 0 bridgehead atoms. The minimum atomic E-state index is 0. The highest BCUT2D eigenvalue weighted by atomic mass is 127. The number of likely N-dealkylation sites (tertiary alicyclic amines) is 2. The van der Waals surface area contributed by atoms with Crippen molar-refractivity contribution in [2.75, 3.05) is 46.4 Å². The van der Waals surface area contributed by atoms with Gasteiger partial charge in [-0.25, -0.2) is 0 Å². The summed E-state index contributed by atoms with van der Waals surface area (Å²) in [6.45, 7) is 8.01. The van der Waals surface area contributed by atoms with E-state index in [1.165, 1.54) is 18.4 Å². The Balaban J connectivity index is 0.00000280. The van der Waals surface area contributed by atoms with Crippen molar-refractivity contribution in [3.05, 3.63) is 34.9 Å². The molecule has 1 N–H and O–H groups in total. The second-order valence-electron chi connectivity index (χ2n) is 7.38. The molecule has 1 unspecified atom stereocenters. The van der Waals surface area contributed by atoms with E-state index < -0.39 is 0 Å². The molecule has 0 spiro atoms. The van der Waals surface area contributed by atoms with Gasteiger partial charge in [-0.05, 0) is 63.4 Å². The quantitative estimate of drug-likeness (QED) is 0.347. The molecule has 0 amide bonds. The van der Waals surface area contributed by atoms with Crippen LogP contribution >= 0.6 is 35.6 Å². The second-order valence-corrected chi connectivity index (χ2v) is 7.82. The Hall–Kier alpha value is -0.570. The van der Waals surface area contributed by atoms with Crippen LogP contribution in [0.2, 0.25) is 5.02 Å². The Bertz CT molecular complexity index is 616. The molecule has 2 aliphatic heterocycles. The number of benzene rings is 1. The van der Waals surface area contributed by atoms with E-state index in [4.69, 9.17) is 16.3 Å². The van der Waals surface area contributed by atoms with Crippen LogP contribution in [0.5, 0.6) is 0 Å². The molecule has 2 fully saturated rings. The number of rotatable bonds is 6. The number of hydrogen-bond acceptors (Lipinski definition) is 3. The van der Waals surface area contributed by atoms with Gasteiger partial charge in [0.15, 0.2) is 5.96 Å². The molecule has 2 heterocycles. The minimum Gasteiger partial charge on any atom is -0.378 e. The van der Waals surface area contributed by atoms with Crippen LogP contribution in [0, 0.1) is 0 Å². The van der Waals surface area contributed by atoms with Crippen molar-refractivity contribution in [3.63, 3.8) is 0 Å². The Morgan fingerprint density at radius 2 is 1.96 bits per heavy atom. The number of aliphatic imine (C=N–C) groups is 1. The normalized spacial score (nSPS) is 20.1. The van der Waals surface area contributed by atoms with Crippen molar-refractivity contribution in [2.24, 2.45) is 4.99 Å². The van der Waals surface area contributed by atoms with Crippen LogP contribution in [0.1, 0.15) is 44.2 Å². The fourth-order valence-corrected chi connectivity index (χ4v) is 4.41. The van der Waals surface area contributed by atoms with Crippen molar-refractivity contribution in [1.82, 2.24) is 15.1 Å². The minimum absolute atomic E-state index is 0. The van der Waals surface area contributed by atoms with Crippen LogP contribution in [0.4, 0.5) is 0 Å². The number of ether oxygens (including phenoxy) is 1. The number of hydrogen-bond donors (Lipinski definition) is 1. The summed E-state index contributed by atoms with van der Waals surface area (Å²) in [6.07, 6.45) is 5.08. The van der Waals surface area contributed by atoms with Gasteiger partial charge in [0.1, 0.15) is 0 Å². The molecule has 1 atom stereocenters. The van der Waals surface area contributed by atoms with Crippen molar-refractivity contribution >= 4 is 41.5 Å². The molecular weight excluding hydrogens is 487 g/mol. The highest BCUT2D eigenvalue weighted by Gasteiger charge is 2.26. The van der Waals surface area contributed by atoms with Crippen LogP contribution in [-0.2, 0) is 4.74 Å². The van der Waals surface area contributed by atoms with E-state index in [-0.39, 0.29) is 24.0 Å².